The summed E-state index contributed by atoms with van der Waals surface area (Å²) in [4.78, 5) is 15.1. The fourth-order valence-electron chi connectivity index (χ4n) is 4.18. The third-order valence-corrected chi connectivity index (χ3v) is 5.37. The summed E-state index contributed by atoms with van der Waals surface area (Å²) >= 11 is 0. The number of esters is 1. The predicted octanol–water partition coefficient (Wildman–Crippen LogP) is 2.47. The first-order chi connectivity index (χ1) is 12.8. The van der Waals surface area contributed by atoms with Crippen molar-refractivity contribution in [2.75, 3.05) is 27.6 Å². The van der Waals surface area contributed by atoms with Crippen LogP contribution in [0.5, 0.6) is 11.5 Å². The van der Waals surface area contributed by atoms with Crippen molar-refractivity contribution in [3.63, 3.8) is 0 Å². The second-order valence-electron chi connectivity index (χ2n) is 8.17. The minimum Gasteiger partial charge on any atom is -0.496 e. The molecule has 2 saturated heterocycles. The van der Waals surface area contributed by atoms with Crippen LogP contribution in [0.1, 0.15) is 45.3 Å². The van der Waals surface area contributed by atoms with Gasteiger partial charge in [0.2, 0.25) is 0 Å². The second-order valence-corrected chi connectivity index (χ2v) is 8.17. The van der Waals surface area contributed by atoms with Crippen LogP contribution in [0.2, 0.25) is 0 Å². The molecule has 2 fully saturated rings. The molecule has 2 aliphatic heterocycles. The van der Waals surface area contributed by atoms with Gasteiger partial charge in [-0.1, -0.05) is 26.8 Å². The molecule has 0 aliphatic carbocycles. The molecule has 2 heterocycles. The molecule has 7 heteroatoms. The molecule has 0 spiro atoms. The maximum absolute atomic E-state index is 13.0. The Hall–Kier alpha value is -1.83. The fraction of sp³-hybridized carbons (Fsp3) is 0.650. The highest BCUT2D eigenvalue weighted by Gasteiger charge is 2.64. The molecule has 0 amide bonds. The summed E-state index contributed by atoms with van der Waals surface area (Å²) in [5, 5.41) is 11.5. The molecule has 1 unspecified atom stereocenters. The highest BCUT2D eigenvalue weighted by Crippen LogP contribution is 2.52. The van der Waals surface area contributed by atoms with E-state index < -0.39 is 17.6 Å². The molecule has 0 radical (unpaired) electrons. The van der Waals surface area contributed by atoms with E-state index in [1.165, 1.54) is 14.2 Å². The zero-order valence-corrected chi connectivity index (χ0v) is 16.7. The number of carbonyl (C=O) groups is 1. The van der Waals surface area contributed by atoms with Crippen LogP contribution in [0.25, 0.3) is 0 Å². The van der Waals surface area contributed by atoms with E-state index in [2.05, 4.69) is 0 Å². The van der Waals surface area contributed by atoms with Crippen molar-refractivity contribution in [1.29, 1.82) is 0 Å². The van der Waals surface area contributed by atoms with E-state index in [4.69, 9.17) is 18.9 Å². The van der Waals surface area contributed by atoms with E-state index in [0.29, 0.717) is 30.0 Å². The summed E-state index contributed by atoms with van der Waals surface area (Å²) in [7, 11) is 3.05. The van der Waals surface area contributed by atoms with Crippen LogP contribution >= 0.6 is 0 Å². The zero-order chi connectivity index (χ0) is 19.8. The Bertz CT molecular complexity index is 700. The Labute approximate surface area is 160 Å². The van der Waals surface area contributed by atoms with Crippen LogP contribution in [0.4, 0.5) is 0 Å². The van der Waals surface area contributed by atoms with Crippen molar-refractivity contribution >= 4 is 5.97 Å². The maximum Gasteiger partial charge on any atom is 0.331 e. The SMILES string of the molecule is COCOc1cccc(OC)c1C(O)[C@@]12CCCN1[C@@H](C(C)(C)C)OC2=O. The molecular formula is C20H29NO6. The lowest BCUT2D eigenvalue weighted by Gasteiger charge is -2.38. The van der Waals surface area contributed by atoms with Crippen LogP contribution in [-0.4, -0.2) is 55.3 Å². The minimum absolute atomic E-state index is 0.0265. The van der Waals surface area contributed by atoms with Crippen molar-refractivity contribution in [3.05, 3.63) is 23.8 Å². The standard InChI is InChI=1S/C20H29NO6/c1-19(2,3)17-21-11-7-10-20(21,18(23)27-17)16(22)15-13(25-5)8-6-9-14(15)26-12-24-4/h6,8-9,16-17,22H,7,10-12H2,1-5H3/t16?,17-,20-/m1/s1. The van der Waals surface area contributed by atoms with Crippen molar-refractivity contribution in [2.24, 2.45) is 5.41 Å². The number of rotatable bonds is 6. The second kappa shape index (κ2) is 7.30. The minimum atomic E-state index is -1.15. The number of fused-ring (bicyclic) bond motifs is 1. The van der Waals surface area contributed by atoms with Crippen molar-refractivity contribution in [1.82, 2.24) is 4.90 Å². The van der Waals surface area contributed by atoms with Crippen LogP contribution in [0.15, 0.2) is 18.2 Å². The molecule has 3 atom stereocenters. The van der Waals surface area contributed by atoms with Gasteiger partial charge in [-0.3, -0.25) is 0 Å². The summed E-state index contributed by atoms with van der Waals surface area (Å²) < 4.78 is 21.9. The number of hydrogen-bond acceptors (Lipinski definition) is 7. The van der Waals surface area contributed by atoms with Gasteiger partial charge in [0.1, 0.15) is 17.6 Å². The highest BCUT2D eigenvalue weighted by molar-refractivity contribution is 5.85. The van der Waals surface area contributed by atoms with Gasteiger partial charge in [-0.15, -0.1) is 0 Å². The van der Waals surface area contributed by atoms with Gasteiger partial charge in [0.15, 0.2) is 18.6 Å². The molecule has 3 rings (SSSR count). The van der Waals surface area contributed by atoms with Crippen molar-refractivity contribution in [2.45, 2.75) is 51.5 Å². The van der Waals surface area contributed by atoms with Gasteiger partial charge in [-0.25, -0.2) is 9.69 Å². The molecule has 0 bridgehead atoms. The molecule has 150 valence electrons. The lowest BCUT2D eigenvalue weighted by atomic mass is 9.83. The topological polar surface area (TPSA) is 77.5 Å². The van der Waals surface area contributed by atoms with E-state index in [1.54, 1.807) is 18.2 Å². The first-order valence-electron chi connectivity index (χ1n) is 9.22. The Kier molecular flexibility index (Phi) is 5.38. The molecule has 7 nitrogen and oxygen atoms in total. The molecule has 1 aromatic carbocycles. The zero-order valence-electron chi connectivity index (χ0n) is 16.7. The summed E-state index contributed by atoms with van der Waals surface area (Å²) in [5.74, 6) is 0.497. The molecule has 27 heavy (non-hydrogen) atoms. The predicted molar refractivity (Wildman–Crippen MR) is 98.5 cm³/mol. The number of methoxy groups -OCH3 is 2. The lowest BCUT2D eigenvalue weighted by Crippen LogP contribution is -2.52. The third-order valence-electron chi connectivity index (χ3n) is 5.37. The Morgan fingerprint density at radius 3 is 2.67 bits per heavy atom. The first kappa shape index (κ1) is 19.9. The van der Waals surface area contributed by atoms with E-state index >= 15 is 0 Å². The Morgan fingerprint density at radius 2 is 2.04 bits per heavy atom. The number of aliphatic hydroxyl groups is 1. The van der Waals surface area contributed by atoms with E-state index in [0.717, 1.165) is 6.42 Å². The largest absolute Gasteiger partial charge is 0.496 e. The van der Waals surface area contributed by atoms with Gasteiger partial charge in [0, 0.05) is 19.1 Å². The summed E-state index contributed by atoms with van der Waals surface area (Å²) in [6.07, 6.45) is -0.216. The average molecular weight is 379 g/mol. The normalized spacial score (nSPS) is 26.6. The van der Waals surface area contributed by atoms with Gasteiger partial charge in [0.05, 0.1) is 12.7 Å². The number of benzene rings is 1. The number of cyclic esters (lactones) is 1. The smallest absolute Gasteiger partial charge is 0.331 e. The van der Waals surface area contributed by atoms with Crippen molar-refractivity contribution in [3.8, 4) is 11.5 Å². The van der Waals surface area contributed by atoms with Gasteiger partial charge in [-0.05, 0) is 25.0 Å². The molecule has 0 saturated carbocycles. The van der Waals surface area contributed by atoms with Crippen LogP contribution in [-0.2, 0) is 14.3 Å². The van der Waals surface area contributed by atoms with Gasteiger partial charge in [-0.2, -0.15) is 0 Å². The lowest BCUT2D eigenvalue weighted by molar-refractivity contribution is -0.151. The fourth-order valence-corrected chi connectivity index (χ4v) is 4.18. The van der Waals surface area contributed by atoms with Crippen LogP contribution in [0, 0.1) is 5.41 Å². The molecule has 2 aliphatic rings. The Balaban J connectivity index is 2.07. The third kappa shape index (κ3) is 3.17. The monoisotopic (exact) mass is 379 g/mol. The summed E-state index contributed by atoms with van der Waals surface area (Å²) in [6, 6.07) is 5.25. The first-order valence-corrected chi connectivity index (χ1v) is 9.22. The molecule has 0 aromatic heterocycles. The number of carbonyl (C=O) groups excluding carboxylic acids is 1. The molecule has 1 aromatic rings. The molecule has 1 N–H and O–H groups in total. The number of aliphatic hydroxyl groups excluding tert-OH is 1. The van der Waals surface area contributed by atoms with E-state index in [1.807, 2.05) is 25.7 Å². The average Bonchev–Trinajstić information content (AvgIpc) is 3.18. The number of nitrogens with zero attached hydrogens (tertiary/aromatic N) is 1. The quantitative estimate of drug-likeness (QED) is 0.601. The maximum atomic E-state index is 13.0. The summed E-state index contributed by atoms with van der Waals surface area (Å²) in [6.45, 7) is 6.80. The number of hydrogen-bond donors (Lipinski definition) is 1. The Morgan fingerprint density at radius 1 is 1.33 bits per heavy atom. The molecular weight excluding hydrogens is 350 g/mol. The van der Waals surface area contributed by atoms with E-state index in [9.17, 15) is 9.90 Å². The van der Waals surface area contributed by atoms with Crippen molar-refractivity contribution < 1.29 is 28.8 Å². The summed E-state index contributed by atoms with van der Waals surface area (Å²) in [5.41, 5.74) is -0.967. The van der Waals surface area contributed by atoms with Crippen LogP contribution < -0.4 is 9.47 Å². The van der Waals surface area contributed by atoms with E-state index in [-0.39, 0.29) is 18.4 Å². The van der Waals surface area contributed by atoms with Gasteiger partial charge in [0.25, 0.3) is 0 Å². The van der Waals surface area contributed by atoms with Gasteiger partial charge < -0.3 is 24.1 Å². The number of ether oxygens (including phenoxy) is 4. The van der Waals surface area contributed by atoms with Crippen LogP contribution in [0.3, 0.4) is 0 Å². The van der Waals surface area contributed by atoms with Gasteiger partial charge >= 0.3 is 5.97 Å². The highest BCUT2D eigenvalue weighted by atomic mass is 16.7.